The van der Waals surface area contributed by atoms with E-state index in [1.165, 1.54) is 10.4 Å². The van der Waals surface area contributed by atoms with Gasteiger partial charge in [-0.3, -0.25) is 4.79 Å². The number of ether oxygens (including phenoxy) is 1. The molecule has 3 N–H and O–H groups in total. The first-order valence-corrected chi connectivity index (χ1v) is 12.1. The molecular weight excluding hydrogens is 416 g/mol. The van der Waals surface area contributed by atoms with Crippen LogP contribution in [-0.4, -0.2) is 20.1 Å². The molecule has 0 saturated carbocycles. The number of amides is 1. The smallest absolute Gasteiger partial charge is 0.211 e. The van der Waals surface area contributed by atoms with Crippen molar-refractivity contribution in [1.29, 1.82) is 0 Å². The number of anilines is 1. The molecule has 3 rings (SSSR count). The summed E-state index contributed by atoms with van der Waals surface area (Å²) in [7, 11) is 1.69. The Morgan fingerprint density at radius 1 is 1.09 bits per heavy atom. The van der Waals surface area contributed by atoms with E-state index >= 15 is 0 Å². The van der Waals surface area contributed by atoms with Crippen LogP contribution in [0.1, 0.15) is 49.6 Å². The lowest BCUT2D eigenvalue weighted by Gasteiger charge is -2.22. The summed E-state index contributed by atoms with van der Waals surface area (Å²) in [5.41, 5.74) is 13.1. The van der Waals surface area contributed by atoms with Crippen molar-refractivity contribution in [2.24, 2.45) is 11.7 Å². The number of carbonyl (C=O) groups excluding carboxylic acids is 1. The van der Waals surface area contributed by atoms with Gasteiger partial charge in [-0.15, -0.1) is 11.3 Å². The molecule has 4 nitrogen and oxygen atoms in total. The lowest BCUT2D eigenvalue weighted by atomic mass is 9.86. The summed E-state index contributed by atoms with van der Waals surface area (Å²) in [5, 5.41) is 5.00. The zero-order valence-corrected chi connectivity index (χ0v) is 21.1. The van der Waals surface area contributed by atoms with Gasteiger partial charge >= 0.3 is 0 Å². The highest BCUT2D eigenvalue weighted by atomic mass is 32.1. The van der Waals surface area contributed by atoms with Gasteiger partial charge in [0.15, 0.2) is 0 Å². The number of hydrogen-bond donors (Lipinski definition) is 2. The summed E-state index contributed by atoms with van der Waals surface area (Å²) in [6.07, 6.45) is 0.737. The first-order chi connectivity index (χ1) is 15.4. The van der Waals surface area contributed by atoms with Crippen LogP contribution in [0, 0.1) is 19.8 Å². The molecule has 0 bridgehead atoms. The van der Waals surface area contributed by atoms with Gasteiger partial charge in [0, 0.05) is 16.0 Å². The maximum atomic E-state index is 11.4. The lowest BCUT2D eigenvalue weighted by Crippen LogP contribution is -2.17. The third kappa shape index (κ3) is 5.22. The molecular formula is C27H36N2O2S. The Morgan fingerprint density at radius 2 is 1.75 bits per heavy atom. The van der Waals surface area contributed by atoms with Crippen molar-refractivity contribution < 1.29 is 9.53 Å². The summed E-state index contributed by atoms with van der Waals surface area (Å²) >= 11 is 1.69. The summed E-state index contributed by atoms with van der Waals surface area (Å²) < 4.78 is 5.80. The summed E-state index contributed by atoms with van der Waals surface area (Å²) in [6, 6.07) is 12.7. The fraction of sp³-hybridized carbons (Fsp3) is 0.370. The average Bonchev–Trinajstić information content (AvgIpc) is 3.22. The quantitative estimate of drug-likeness (QED) is 0.362. The minimum absolute atomic E-state index is 0.324. The molecule has 0 aliphatic carbocycles. The van der Waals surface area contributed by atoms with E-state index in [4.69, 9.17) is 10.5 Å². The standard InChI is InChI=1S/C25H30N2O2S.C2H6/c1-15(2)21(13-26)18-6-8-19(9-7-18)23-22(29-5)12-16(3)25(27-14-28)24(23)20-10-11-30-17(20)4;1-2/h6-12,14-15,21H,13,26H2,1-5H3,(H,27,28);1-2H3. The predicted molar refractivity (Wildman–Crippen MR) is 139 cm³/mol. The second kappa shape index (κ2) is 11.8. The van der Waals surface area contributed by atoms with Crippen LogP contribution in [-0.2, 0) is 4.79 Å². The number of nitrogens with two attached hydrogens (primary N) is 1. The van der Waals surface area contributed by atoms with E-state index in [0.29, 0.717) is 18.4 Å². The van der Waals surface area contributed by atoms with Crippen LogP contribution in [0.25, 0.3) is 22.3 Å². The van der Waals surface area contributed by atoms with Crippen molar-refractivity contribution in [3.05, 3.63) is 57.8 Å². The second-order valence-electron chi connectivity index (χ2n) is 7.88. The number of aryl methyl sites for hydroxylation is 2. The molecule has 0 saturated heterocycles. The number of hydrogen-bond acceptors (Lipinski definition) is 4. The van der Waals surface area contributed by atoms with E-state index in [0.717, 1.165) is 45.7 Å². The van der Waals surface area contributed by atoms with Crippen LogP contribution in [0.5, 0.6) is 5.75 Å². The third-order valence-electron chi connectivity index (χ3n) is 5.73. The minimum Gasteiger partial charge on any atom is -0.496 e. The molecule has 0 spiro atoms. The highest BCUT2D eigenvalue weighted by Gasteiger charge is 2.22. The first kappa shape index (κ1) is 25.6. The molecule has 32 heavy (non-hydrogen) atoms. The van der Waals surface area contributed by atoms with E-state index in [1.807, 2.05) is 26.8 Å². The molecule has 2 aromatic carbocycles. The van der Waals surface area contributed by atoms with Gasteiger partial charge in [0.25, 0.3) is 0 Å². The van der Waals surface area contributed by atoms with Crippen LogP contribution in [0.2, 0.25) is 0 Å². The molecule has 1 aromatic heterocycles. The fourth-order valence-corrected chi connectivity index (χ4v) is 4.79. The van der Waals surface area contributed by atoms with E-state index < -0.39 is 0 Å². The highest BCUT2D eigenvalue weighted by Crippen LogP contribution is 2.47. The van der Waals surface area contributed by atoms with Gasteiger partial charge in [-0.2, -0.15) is 0 Å². The van der Waals surface area contributed by atoms with Crippen molar-refractivity contribution in [2.45, 2.75) is 47.5 Å². The molecule has 0 radical (unpaired) electrons. The van der Waals surface area contributed by atoms with Gasteiger partial charge in [-0.1, -0.05) is 52.0 Å². The molecule has 1 heterocycles. The number of benzene rings is 2. The van der Waals surface area contributed by atoms with Gasteiger partial charge in [0.2, 0.25) is 6.41 Å². The molecule has 0 aliphatic heterocycles. The second-order valence-corrected chi connectivity index (χ2v) is 9.00. The number of nitrogens with one attached hydrogen (secondary N) is 1. The monoisotopic (exact) mass is 452 g/mol. The Kier molecular flexibility index (Phi) is 9.48. The number of carbonyl (C=O) groups is 1. The van der Waals surface area contributed by atoms with Gasteiger partial charge in [0.1, 0.15) is 5.75 Å². The Labute approximate surface area is 196 Å². The normalized spacial score (nSPS) is 11.5. The molecule has 5 heteroatoms. The van der Waals surface area contributed by atoms with Crippen molar-refractivity contribution in [3.8, 4) is 28.0 Å². The van der Waals surface area contributed by atoms with Crippen molar-refractivity contribution in [3.63, 3.8) is 0 Å². The number of thiophene rings is 1. The Bertz CT molecular complexity index is 1020. The zero-order chi connectivity index (χ0) is 23.8. The van der Waals surface area contributed by atoms with E-state index in [1.54, 1.807) is 18.4 Å². The van der Waals surface area contributed by atoms with E-state index in [-0.39, 0.29) is 0 Å². The SMILES string of the molecule is CC.COc1cc(C)c(NC=O)c(-c2ccsc2C)c1-c1ccc(C(CN)C(C)C)cc1. The topological polar surface area (TPSA) is 64.3 Å². The molecule has 0 fully saturated rings. The largest absolute Gasteiger partial charge is 0.496 e. The first-order valence-electron chi connectivity index (χ1n) is 11.2. The maximum absolute atomic E-state index is 11.4. The Balaban J connectivity index is 0.00000176. The predicted octanol–water partition coefficient (Wildman–Crippen LogP) is 7.00. The van der Waals surface area contributed by atoms with Crippen LogP contribution in [0.3, 0.4) is 0 Å². The highest BCUT2D eigenvalue weighted by molar-refractivity contribution is 7.10. The number of rotatable bonds is 8. The minimum atomic E-state index is 0.324. The van der Waals surface area contributed by atoms with Crippen molar-refractivity contribution in [2.75, 3.05) is 19.0 Å². The Hall–Kier alpha value is -2.63. The summed E-state index contributed by atoms with van der Waals surface area (Å²) in [6.45, 7) is 13.1. The van der Waals surface area contributed by atoms with Crippen molar-refractivity contribution >= 4 is 23.4 Å². The van der Waals surface area contributed by atoms with Crippen LogP contribution >= 0.6 is 11.3 Å². The summed E-state index contributed by atoms with van der Waals surface area (Å²) in [4.78, 5) is 12.6. The molecule has 0 aliphatic rings. The maximum Gasteiger partial charge on any atom is 0.211 e. The van der Waals surface area contributed by atoms with Crippen molar-refractivity contribution in [1.82, 2.24) is 0 Å². The molecule has 1 unspecified atom stereocenters. The molecule has 3 aromatic rings. The summed E-state index contributed by atoms with van der Waals surface area (Å²) in [5.74, 6) is 1.59. The van der Waals surface area contributed by atoms with Crippen LogP contribution in [0.4, 0.5) is 5.69 Å². The average molecular weight is 453 g/mol. The molecule has 1 atom stereocenters. The van der Waals surface area contributed by atoms with Gasteiger partial charge in [-0.25, -0.2) is 0 Å². The van der Waals surface area contributed by atoms with Gasteiger partial charge in [-0.05, 0) is 72.0 Å². The van der Waals surface area contributed by atoms with Crippen LogP contribution in [0.15, 0.2) is 41.8 Å². The van der Waals surface area contributed by atoms with Gasteiger partial charge < -0.3 is 15.8 Å². The molecule has 172 valence electrons. The third-order valence-corrected chi connectivity index (χ3v) is 6.57. The van der Waals surface area contributed by atoms with E-state index in [9.17, 15) is 4.79 Å². The van der Waals surface area contributed by atoms with Crippen LogP contribution < -0.4 is 15.8 Å². The van der Waals surface area contributed by atoms with E-state index in [2.05, 4.69) is 61.8 Å². The van der Waals surface area contributed by atoms with Gasteiger partial charge in [0.05, 0.1) is 12.8 Å². The fourth-order valence-electron chi connectivity index (χ4n) is 4.08. The lowest BCUT2D eigenvalue weighted by molar-refractivity contribution is -0.105. The molecule has 1 amide bonds. The zero-order valence-electron chi connectivity index (χ0n) is 20.3. The number of methoxy groups -OCH3 is 1. The Morgan fingerprint density at radius 3 is 2.22 bits per heavy atom.